The molecule has 1 saturated heterocycles. The number of benzene rings is 2. The van der Waals surface area contributed by atoms with Gasteiger partial charge in [-0.1, -0.05) is 54.4 Å². The fourth-order valence-corrected chi connectivity index (χ4v) is 4.68. The molecule has 0 spiro atoms. The van der Waals surface area contributed by atoms with Gasteiger partial charge in [0.05, 0.1) is 36.4 Å². The van der Waals surface area contributed by atoms with Crippen LogP contribution in [0.1, 0.15) is 29.7 Å². The van der Waals surface area contributed by atoms with E-state index in [1.165, 1.54) is 25.2 Å². The van der Waals surface area contributed by atoms with Gasteiger partial charge in [0.2, 0.25) is 0 Å². The number of aliphatic hydroxyl groups excluding tert-OH is 1. The molecule has 0 aromatic heterocycles. The highest BCUT2D eigenvalue weighted by Crippen LogP contribution is 2.47. The van der Waals surface area contributed by atoms with Crippen LogP contribution < -0.4 is 9.47 Å². The number of likely N-dealkylation sites (tertiary alicyclic amines) is 1. The van der Waals surface area contributed by atoms with Crippen molar-refractivity contribution in [3.63, 3.8) is 0 Å². The lowest BCUT2D eigenvalue weighted by Crippen LogP contribution is -2.35. The van der Waals surface area contributed by atoms with Crippen molar-refractivity contribution in [2.75, 3.05) is 41.4 Å². The van der Waals surface area contributed by atoms with Gasteiger partial charge in [-0.25, -0.2) is 0 Å². The second-order valence-corrected chi connectivity index (χ2v) is 8.96. The first-order valence-electron chi connectivity index (χ1n) is 10.8. The van der Waals surface area contributed by atoms with Gasteiger partial charge in [-0.05, 0) is 37.7 Å². The van der Waals surface area contributed by atoms with Crippen molar-refractivity contribution in [3.8, 4) is 11.5 Å². The summed E-state index contributed by atoms with van der Waals surface area (Å²) in [5, 5.41) is 11.6. The largest absolute Gasteiger partial charge is 0.507 e. The van der Waals surface area contributed by atoms with Crippen molar-refractivity contribution in [2.24, 2.45) is 0 Å². The molecule has 9 heteroatoms. The van der Waals surface area contributed by atoms with E-state index in [2.05, 4.69) is 0 Å². The summed E-state index contributed by atoms with van der Waals surface area (Å²) in [5.41, 5.74) is 1.87. The van der Waals surface area contributed by atoms with Gasteiger partial charge in [0.15, 0.2) is 11.5 Å². The highest BCUT2D eigenvalue weighted by atomic mass is 35.5. The number of carbonyl (C=O) groups is 2. The maximum Gasteiger partial charge on any atom is 0.295 e. The Morgan fingerprint density at radius 1 is 1.09 bits per heavy atom. The molecular formula is C25H28Cl2N2O5. The van der Waals surface area contributed by atoms with Crippen LogP contribution in [0.25, 0.3) is 5.76 Å². The van der Waals surface area contributed by atoms with E-state index in [-0.39, 0.29) is 32.7 Å². The highest BCUT2D eigenvalue weighted by molar-refractivity contribution is 6.47. The Labute approximate surface area is 209 Å². The average Bonchev–Trinajstić information content (AvgIpc) is 3.07. The molecule has 7 nitrogen and oxygen atoms in total. The minimum Gasteiger partial charge on any atom is -0.507 e. The molecule has 1 N–H and O–H groups in total. The van der Waals surface area contributed by atoms with Crippen molar-refractivity contribution >= 4 is 40.7 Å². The molecule has 3 rings (SSSR count). The molecule has 1 heterocycles. The van der Waals surface area contributed by atoms with Crippen LogP contribution in [0, 0.1) is 0 Å². The van der Waals surface area contributed by atoms with Gasteiger partial charge in [-0.3, -0.25) is 9.59 Å². The van der Waals surface area contributed by atoms with E-state index in [0.29, 0.717) is 18.7 Å². The molecule has 182 valence electrons. The van der Waals surface area contributed by atoms with Crippen molar-refractivity contribution in [2.45, 2.75) is 19.4 Å². The van der Waals surface area contributed by atoms with E-state index in [4.69, 9.17) is 32.7 Å². The van der Waals surface area contributed by atoms with Crippen molar-refractivity contribution in [3.05, 3.63) is 62.6 Å². The maximum atomic E-state index is 13.2. The predicted octanol–water partition coefficient (Wildman–Crippen LogP) is 4.56. The number of aryl methyl sites for hydroxylation is 1. The number of aliphatic hydroxyl groups is 1. The van der Waals surface area contributed by atoms with Gasteiger partial charge < -0.3 is 24.4 Å². The van der Waals surface area contributed by atoms with Crippen LogP contribution in [0.5, 0.6) is 11.5 Å². The first-order valence-corrected chi connectivity index (χ1v) is 11.5. The van der Waals surface area contributed by atoms with Crippen molar-refractivity contribution < 1.29 is 24.2 Å². The van der Waals surface area contributed by atoms with Crippen LogP contribution in [-0.4, -0.2) is 68.0 Å². The Morgan fingerprint density at radius 3 is 2.24 bits per heavy atom. The zero-order valence-electron chi connectivity index (χ0n) is 19.8. The summed E-state index contributed by atoms with van der Waals surface area (Å²) in [6, 6.07) is 8.26. The van der Waals surface area contributed by atoms with Gasteiger partial charge in [0, 0.05) is 13.1 Å². The van der Waals surface area contributed by atoms with E-state index in [0.717, 1.165) is 12.0 Å². The molecule has 2 aromatic carbocycles. The van der Waals surface area contributed by atoms with Crippen LogP contribution in [0.3, 0.4) is 0 Å². The summed E-state index contributed by atoms with van der Waals surface area (Å²) < 4.78 is 10.6. The third-order valence-corrected chi connectivity index (χ3v) is 6.45. The summed E-state index contributed by atoms with van der Waals surface area (Å²) in [4.78, 5) is 29.7. The average molecular weight is 507 g/mol. The Bertz CT molecular complexity index is 1130. The number of rotatable bonds is 8. The molecule has 0 saturated carbocycles. The second-order valence-electron chi connectivity index (χ2n) is 8.18. The number of halogens is 2. The molecule has 0 bridgehead atoms. The Hall–Kier alpha value is -2.74. The Morgan fingerprint density at radius 2 is 1.71 bits per heavy atom. The normalized spacial score (nSPS) is 17.5. The smallest absolute Gasteiger partial charge is 0.295 e. The Kier molecular flexibility index (Phi) is 8.13. The van der Waals surface area contributed by atoms with Crippen LogP contribution in [0.15, 0.2) is 35.9 Å². The van der Waals surface area contributed by atoms with Gasteiger partial charge in [-0.2, -0.15) is 0 Å². The highest BCUT2D eigenvalue weighted by Gasteiger charge is 2.46. The SMILES string of the molecule is CCc1ccc(C2/C(=C(\O)c3cc(Cl)c(OC)c(Cl)c3OC)C(=O)C(=O)N2CCN(C)C)cc1. The predicted molar refractivity (Wildman–Crippen MR) is 133 cm³/mol. The fraction of sp³-hybridized carbons (Fsp3) is 0.360. The van der Waals surface area contributed by atoms with E-state index < -0.39 is 23.5 Å². The molecule has 0 aliphatic carbocycles. The topological polar surface area (TPSA) is 79.3 Å². The number of Topliss-reactive ketones (excluding diaryl/α,β-unsaturated/α-hetero) is 1. The molecule has 0 radical (unpaired) electrons. The van der Waals surface area contributed by atoms with E-state index >= 15 is 0 Å². The lowest BCUT2D eigenvalue weighted by molar-refractivity contribution is -0.140. The molecule has 1 aliphatic heterocycles. The van der Waals surface area contributed by atoms with Crippen LogP contribution >= 0.6 is 23.2 Å². The number of methoxy groups -OCH3 is 2. The van der Waals surface area contributed by atoms with Gasteiger partial charge in [0.25, 0.3) is 11.7 Å². The zero-order chi connectivity index (χ0) is 25.2. The standard InChI is InChI=1S/C25H28Cl2N2O5/c1-6-14-7-9-15(10-8-14)20-18(22(31)25(32)29(20)12-11-28(2)3)21(30)16-13-17(26)24(34-5)19(27)23(16)33-4/h7-10,13,20,30H,6,11-12H2,1-5H3/b21-18+. The number of carbonyl (C=O) groups excluding carboxylic acids is 2. The third-order valence-electron chi connectivity index (χ3n) is 5.83. The fourth-order valence-electron chi connectivity index (χ4n) is 3.99. The monoisotopic (exact) mass is 506 g/mol. The third kappa shape index (κ3) is 4.73. The quantitative estimate of drug-likeness (QED) is 0.321. The van der Waals surface area contributed by atoms with Crippen molar-refractivity contribution in [1.82, 2.24) is 9.80 Å². The van der Waals surface area contributed by atoms with E-state index in [1.54, 1.807) is 0 Å². The summed E-state index contributed by atoms with van der Waals surface area (Å²) >= 11 is 12.7. The van der Waals surface area contributed by atoms with E-state index in [9.17, 15) is 14.7 Å². The lowest BCUT2D eigenvalue weighted by Gasteiger charge is -2.27. The summed E-state index contributed by atoms with van der Waals surface area (Å²) in [6.45, 7) is 2.89. The minimum atomic E-state index is -0.786. The maximum absolute atomic E-state index is 13.2. The van der Waals surface area contributed by atoms with Crippen molar-refractivity contribution in [1.29, 1.82) is 0 Å². The number of likely N-dealkylation sites (N-methyl/N-ethyl adjacent to an activating group) is 1. The molecular weight excluding hydrogens is 479 g/mol. The summed E-state index contributed by atoms with van der Waals surface area (Å²) in [7, 11) is 6.55. The molecule has 34 heavy (non-hydrogen) atoms. The molecule has 1 aliphatic rings. The first kappa shape index (κ1) is 25.9. The van der Waals surface area contributed by atoms with E-state index in [1.807, 2.05) is 50.2 Å². The molecule has 1 fully saturated rings. The summed E-state index contributed by atoms with van der Waals surface area (Å²) in [6.07, 6.45) is 0.848. The number of hydrogen-bond donors (Lipinski definition) is 1. The number of amides is 1. The van der Waals surface area contributed by atoms with Crippen LogP contribution in [-0.2, 0) is 16.0 Å². The number of ether oxygens (including phenoxy) is 2. The van der Waals surface area contributed by atoms with Crippen LogP contribution in [0.4, 0.5) is 0 Å². The number of ketones is 1. The number of hydrogen-bond acceptors (Lipinski definition) is 6. The first-order chi connectivity index (χ1) is 16.2. The van der Waals surface area contributed by atoms with Gasteiger partial charge in [0.1, 0.15) is 10.8 Å². The van der Waals surface area contributed by atoms with Gasteiger partial charge >= 0.3 is 0 Å². The molecule has 1 atom stereocenters. The molecule has 1 unspecified atom stereocenters. The Balaban J connectivity index is 2.25. The molecule has 2 aromatic rings. The zero-order valence-corrected chi connectivity index (χ0v) is 21.3. The second kappa shape index (κ2) is 10.7. The number of nitrogens with zero attached hydrogens (tertiary/aromatic N) is 2. The van der Waals surface area contributed by atoms with Crippen LogP contribution in [0.2, 0.25) is 10.0 Å². The summed E-state index contributed by atoms with van der Waals surface area (Å²) in [5.74, 6) is -1.63. The van der Waals surface area contributed by atoms with Gasteiger partial charge in [-0.15, -0.1) is 0 Å². The minimum absolute atomic E-state index is 0.0461. The lowest BCUT2D eigenvalue weighted by atomic mass is 9.94. The molecule has 1 amide bonds.